The highest BCUT2D eigenvalue weighted by Gasteiger charge is 2.67. The molecule has 1 aliphatic carbocycles. The molecule has 5 aliphatic heterocycles. The average Bonchev–Trinajstić information content (AvgIpc) is 4.04. The van der Waals surface area contributed by atoms with Crippen molar-refractivity contribution >= 4 is 102 Å². The number of nitrogens with zero attached hydrogens (tertiary/aromatic N) is 4. The molecule has 6 aromatic rings. The number of aromatic carboxylic acids is 1. The number of carboxylic acid groups (broad SMARTS) is 2. The van der Waals surface area contributed by atoms with Gasteiger partial charge in [0.25, 0.3) is 11.9 Å². The zero-order valence-corrected chi connectivity index (χ0v) is 43.7. The van der Waals surface area contributed by atoms with E-state index in [0.29, 0.717) is 63.9 Å². The number of aliphatic carboxylic acids is 1. The van der Waals surface area contributed by atoms with Crippen LogP contribution in [-0.2, 0) is 30.2 Å². The molecule has 4 aromatic carbocycles. The first-order valence-electron chi connectivity index (χ1n) is 24.7. The van der Waals surface area contributed by atoms with Crippen molar-refractivity contribution in [1.82, 2.24) is 14.6 Å². The van der Waals surface area contributed by atoms with Crippen molar-refractivity contribution < 1.29 is 51.8 Å². The van der Waals surface area contributed by atoms with Gasteiger partial charge in [-0.2, -0.15) is 9.29 Å². The zero-order chi connectivity index (χ0) is 52.4. The van der Waals surface area contributed by atoms with Gasteiger partial charge in [-0.1, -0.05) is 61.8 Å². The zero-order valence-electron chi connectivity index (χ0n) is 41.4. The average molecular weight is 1060 g/mol. The van der Waals surface area contributed by atoms with Crippen molar-refractivity contribution in [2.45, 2.75) is 108 Å². The summed E-state index contributed by atoms with van der Waals surface area (Å²) < 4.78 is 43.4. The minimum Gasteiger partial charge on any atom is -0.479 e. The lowest BCUT2D eigenvalue weighted by atomic mass is 9.51. The van der Waals surface area contributed by atoms with Gasteiger partial charge in [0.05, 0.1) is 16.3 Å². The number of piperidine rings is 4. The number of amides is 3. The maximum atomic E-state index is 15.0. The smallest absolute Gasteiger partial charge is 0.349 e. The van der Waals surface area contributed by atoms with E-state index in [0.717, 1.165) is 52.6 Å². The van der Waals surface area contributed by atoms with Gasteiger partial charge >= 0.3 is 11.9 Å². The van der Waals surface area contributed by atoms with Gasteiger partial charge in [-0.05, 0) is 129 Å². The third-order valence-electron chi connectivity index (χ3n) is 16.5. The number of carboxylic acids is 2. The summed E-state index contributed by atoms with van der Waals surface area (Å²) in [6.45, 7) is 10.9. The highest BCUT2D eigenvalue weighted by atomic mass is 35.5. The second-order valence-corrected chi connectivity index (χ2v) is 24.9. The molecule has 2 aromatic heterocycles. The quantitative estimate of drug-likeness (QED) is 0.0791. The lowest BCUT2D eigenvalue weighted by Crippen LogP contribution is -2.78. The summed E-state index contributed by atoms with van der Waals surface area (Å²) in [5.74, 6) is -3.94. The van der Waals surface area contributed by atoms with E-state index in [2.05, 4.69) is 35.4 Å². The number of benzene rings is 4. The Balaban J connectivity index is 0.784. The van der Waals surface area contributed by atoms with E-state index < -0.39 is 57.0 Å². The van der Waals surface area contributed by atoms with Crippen molar-refractivity contribution in [2.24, 2.45) is 11.3 Å². The Bertz CT molecular complexity index is 3490. The van der Waals surface area contributed by atoms with Crippen molar-refractivity contribution in [3.05, 3.63) is 99.4 Å². The van der Waals surface area contributed by atoms with Crippen LogP contribution in [0.2, 0.25) is 5.02 Å². The van der Waals surface area contributed by atoms with Gasteiger partial charge in [0.1, 0.15) is 16.6 Å². The molecule has 3 amide bonds. The van der Waals surface area contributed by atoms with E-state index in [1.807, 2.05) is 57.2 Å². The van der Waals surface area contributed by atoms with Crippen LogP contribution in [-0.4, -0.2) is 100 Å². The number of ether oxygens (including phenoxy) is 1. The summed E-state index contributed by atoms with van der Waals surface area (Å²) >= 11 is 7.54. The highest BCUT2D eigenvalue weighted by molar-refractivity contribution is 7.88. The van der Waals surface area contributed by atoms with E-state index in [9.17, 15) is 29.1 Å². The fourth-order valence-corrected chi connectivity index (χ4v) is 16.8. The largest absolute Gasteiger partial charge is 0.479 e. The predicted octanol–water partition coefficient (Wildman–Crippen LogP) is 9.27. The van der Waals surface area contributed by atoms with Gasteiger partial charge in [-0.3, -0.25) is 24.6 Å². The second kappa shape index (κ2) is 17.8. The summed E-state index contributed by atoms with van der Waals surface area (Å²) in [6.07, 6.45) is 3.31. The normalized spacial score (nSPS) is 23.7. The van der Waals surface area contributed by atoms with Crippen LogP contribution < -0.4 is 25.2 Å². The third kappa shape index (κ3) is 8.08. The number of nitrogens with one attached hydrogen (secondary N) is 2. The van der Waals surface area contributed by atoms with Crippen molar-refractivity contribution in [3.63, 3.8) is 0 Å². The number of fused-ring (bicyclic) bond motifs is 4. The van der Waals surface area contributed by atoms with Gasteiger partial charge in [0, 0.05) is 53.3 Å². The van der Waals surface area contributed by atoms with E-state index in [1.54, 1.807) is 39.5 Å². The number of carbonyl (C=O) groups is 5. The van der Waals surface area contributed by atoms with Crippen molar-refractivity contribution in [3.8, 4) is 16.2 Å². The van der Waals surface area contributed by atoms with Gasteiger partial charge in [0.2, 0.25) is 21.8 Å². The molecule has 6 aliphatic rings. The Morgan fingerprint density at radius 1 is 0.959 bits per heavy atom. The minimum atomic E-state index is -3.94. The number of sulfonamides is 1. The van der Waals surface area contributed by atoms with Crippen LogP contribution in [0.25, 0.3) is 32.3 Å². The molecule has 1 saturated carbocycles. The molecule has 12 rings (SSSR count). The fraction of sp³-hybridized carbons (Fsp3) is 0.407. The van der Waals surface area contributed by atoms with E-state index in [4.69, 9.17) is 30.8 Å². The SMILES string of the molecule is CC1(C)C2CC(C)(C)C(C)(CC2Nc2cccc(-c3sc(C(=O)O)c(OCC(=O)O)c3Cl)c2)N1S(=O)(=O)Cc1ccc2oc(N3CCC(c4ccc5c6c(cccc46)C(=O)N5C4CCC(=O)NC4=O)CC3)nc2c1. The molecule has 386 valence electrons. The number of imide groups is 1. The van der Waals surface area contributed by atoms with Crippen molar-refractivity contribution in [2.75, 3.05) is 34.8 Å². The summed E-state index contributed by atoms with van der Waals surface area (Å²) in [5, 5.41) is 26.9. The van der Waals surface area contributed by atoms with Crippen LogP contribution in [0.1, 0.15) is 110 Å². The molecular weight excluding hydrogens is 1010 g/mol. The minimum absolute atomic E-state index is 0.00914. The molecule has 4 unspecified atom stereocenters. The topological polar surface area (TPSA) is 229 Å². The number of anilines is 3. The standard InChI is InChI=1S/C54H55ClN6O11S2/c1-52(2)24-35-37(56-31-9-6-8-30(23-31)46-44(55)45(71-26-42(63)64)47(73-46)50(67)68)25-54(52,5)61(53(35,3)4)74(69,70)27-28-12-16-40-36(22-28)57-51(72-40)59-20-18-29(19-21-59)32-13-14-38-43-33(32)10-7-11-34(43)49(66)60(38)39-15-17-41(62)58-48(39)65/h6-14,16,22-23,29,35,37,39,56H,15,17-21,24-27H2,1-5H3,(H,63,64)(H,67,68)(H,58,62,65). The molecular formula is C54H55ClN6O11S2. The van der Waals surface area contributed by atoms with Gasteiger partial charge in [0.15, 0.2) is 22.8 Å². The number of hydrogen-bond acceptors (Lipinski definition) is 13. The molecule has 4 saturated heterocycles. The highest BCUT2D eigenvalue weighted by Crippen LogP contribution is 2.62. The van der Waals surface area contributed by atoms with Crippen LogP contribution in [0.4, 0.5) is 17.4 Å². The maximum absolute atomic E-state index is 15.0. The number of rotatable bonds is 13. The lowest BCUT2D eigenvalue weighted by Gasteiger charge is -2.70. The number of hydrogen-bond donors (Lipinski definition) is 4. The van der Waals surface area contributed by atoms with Crippen LogP contribution in [0.5, 0.6) is 5.75 Å². The maximum Gasteiger partial charge on any atom is 0.349 e. The predicted molar refractivity (Wildman–Crippen MR) is 281 cm³/mol. The monoisotopic (exact) mass is 1060 g/mol. The Morgan fingerprint density at radius 3 is 2.45 bits per heavy atom. The molecule has 20 heteroatoms. The Kier molecular flexibility index (Phi) is 12.0. The first-order valence-corrected chi connectivity index (χ1v) is 27.5. The third-order valence-corrected chi connectivity index (χ3v) is 20.4. The Hall–Kier alpha value is -6.54. The molecule has 4 atom stereocenters. The van der Waals surface area contributed by atoms with E-state index >= 15 is 8.42 Å². The molecule has 5 fully saturated rings. The van der Waals surface area contributed by atoms with Crippen LogP contribution >= 0.6 is 22.9 Å². The van der Waals surface area contributed by atoms with Gasteiger partial charge < -0.3 is 29.6 Å². The first-order chi connectivity index (χ1) is 35.1. The molecule has 74 heavy (non-hydrogen) atoms. The summed E-state index contributed by atoms with van der Waals surface area (Å²) in [6, 6.07) is 22.1. The molecule has 2 bridgehead atoms. The van der Waals surface area contributed by atoms with Crippen LogP contribution in [0.15, 0.2) is 77.2 Å². The number of aromatic nitrogens is 1. The second-order valence-electron chi connectivity index (χ2n) is 21.7. The first kappa shape index (κ1) is 49.7. The number of thiophene rings is 1. The van der Waals surface area contributed by atoms with Crippen LogP contribution in [0, 0.1) is 11.3 Å². The molecule has 7 heterocycles. The summed E-state index contributed by atoms with van der Waals surface area (Å²) in [4.78, 5) is 70.6. The molecule has 17 nitrogen and oxygen atoms in total. The van der Waals surface area contributed by atoms with E-state index in [-0.39, 0.29) is 63.9 Å². The summed E-state index contributed by atoms with van der Waals surface area (Å²) in [5.41, 5.74) is 3.44. The van der Waals surface area contributed by atoms with Crippen LogP contribution in [0.3, 0.4) is 0 Å². The Labute approximate surface area is 435 Å². The van der Waals surface area contributed by atoms with Gasteiger partial charge in [-0.15, -0.1) is 11.3 Å². The number of oxazole rings is 1. The molecule has 0 spiro atoms. The fourth-order valence-electron chi connectivity index (χ4n) is 12.9. The van der Waals surface area contributed by atoms with Gasteiger partial charge in [-0.25, -0.2) is 18.0 Å². The number of halogens is 1. The molecule has 0 radical (unpaired) electrons. The summed E-state index contributed by atoms with van der Waals surface area (Å²) in [7, 11) is -3.94. The lowest BCUT2D eigenvalue weighted by molar-refractivity contribution is -0.143. The molecule has 4 N–H and O–H groups in total. The van der Waals surface area contributed by atoms with E-state index in [1.165, 1.54) is 0 Å². The van der Waals surface area contributed by atoms with Crippen molar-refractivity contribution in [1.29, 1.82) is 0 Å². The Morgan fingerprint density at radius 2 is 1.72 bits per heavy atom. The number of carbonyl (C=O) groups excluding carboxylic acids is 3.